The molecule has 5 heteroatoms. The minimum atomic E-state index is -0.323. The first-order valence-electron chi connectivity index (χ1n) is 9.83. The van der Waals surface area contributed by atoms with E-state index in [4.69, 9.17) is 0 Å². The zero-order chi connectivity index (χ0) is 17.9. The number of aromatic nitrogens is 1. The standard InChI is InChI=1S/C21H25N3O2/c1-13(21-10-14-7-15(11-21)9-16(8-14)12-21)23-18-4-5-19(24(25)26)17-3-2-6-22-20(17)18/h2-6,13-16,23H,7-12H2,1H3/t13-,14?,15?,16?,21?/m1/s1. The van der Waals surface area contributed by atoms with E-state index in [1.54, 1.807) is 24.4 Å². The third kappa shape index (κ3) is 2.40. The third-order valence-corrected chi connectivity index (χ3v) is 7.32. The third-order valence-electron chi connectivity index (χ3n) is 7.32. The van der Waals surface area contributed by atoms with Crippen molar-refractivity contribution in [3.05, 3.63) is 40.6 Å². The maximum Gasteiger partial charge on any atom is 0.278 e. The Bertz CT molecular complexity index is 843. The summed E-state index contributed by atoms with van der Waals surface area (Å²) in [5, 5.41) is 15.7. The van der Waals surface area contributed by atoms with Crippen LogP contribution in [0.15, 0.2) is 30.5 Å². The van der Waals surface area contributed by atoms with E-state index in [-0.39, 0.29) is 10.6 Å². The minimum Gasteiger partial charge on any atom is -0.380 e. The zero-order valence-corrected chi connectivity index (χ0v) is 15.1. The van der Waals surface area contributed by atoms with Crippen LogP contribution in [0.2, 0.25) is 0 Å². The van der Waals surface area contributed by atoms with Crippen molar-refractivity contribution in [1.29, 1.82) is 0 Å². The van der Waals surface area contributed by atoms with Crippen LogP contribution in [0, 0.1) is 33.3 Å². The maximum absolute atomic E-state index is 11.3. The van der Waals surface area contributed by atoms with Crippen LogP contribution in [-0.2, 0) is 0 Å². The molecule has 4 fully saturated rings. The quantitative estimate of drug-likeness (QED) is 0.610. The lowest BCUT2D eigenvalue weighted by Gasteiger charge is -2.59. The number of nitrogens with zero attached hydrogens (tertiary/aromatic N) is 2. The van der Waals surface area contributed by atoms with E-state index < -0.39 is 0 Å². The van der Waals surface area contributed by atoms with Crippen LogP contribution in [0.1, 0.15) is 45.4 Å². The van der Waals surface area contributed by atoms with Gasteiger partial charge in [0.2, 0.25) is 0 Å². The van der Waals surface area contributed by atoms with E-state index >= 15 is 0 Å². The second-order valence-electron chi connectivity index (χ2n) is 8.93. The summed E-state index contributed by atoms with van der Waals surface area (Å²) in [5.74, 6) is 2.74. The predicted molar refractivity (Wildman–Crippen MR) is 102 cm³/mol. The van der Waals surface area contributed by atoms with E-state index in [9.17, 15) is 10.1 Å². The van der Waals surface area contributed by atoms with Gasteiger partial charge in [0.1, 0.15) is 5.52 Å². The lowest BCUT2D eigenvalue weighted by molar-refractivity contribution is -0.383. The van der Waals surface area contributed by atoms with Crippen molar-refractivity contribution in [2.75, 3.05) is 5.32 Å². The lowest BCUT2D eigenvalue weighted by atomic mass is 9.48. The first kappa shape index (κ1) is 16.0. The Morgan fingerprint density at radius 1 is 1.15 bits per heavy atom. The topological polar surface area (TPSA) is 68.1 Å². The fourth-order valence-electron chi connectivity index (χ4n) is 6.53. The van der Waals surface area contributed by atoms with Gasteiger partial charge < -0.3 is 5.32 Å². The number of nitrogens with one attached hydrogen (secondary N) is 1. The van der Waals surface area contributed by atoms with Crippen LogP contribution in [0.3, 0.4) is 0 Å². The van der Waals surface area contributed by atoms with E-state index in [1.165, 1.54) is 38.5 Å². The molecule has 2 aromatic rings. The first-order valence-corrected chi connectivity index (χ1v) is 9.83. The Hall–Kier alpha value is -2.17. The first-order chi connectivity index (χ1) is 12.5. The molecule has 136 valence electrons. The molecule has 26 heavy (non-hydrogen) atoms. The average Bonchev–Trinajstić information content (AvgIpc) is 2.60. The van der Waals surface area contributed by atoms with Crippen LogP contribution in [0.25, 0.3) is 10.9 Å². The molecule has 1 aromatic carbocycles. The van der Waals surface area contributed by atoms with Crippen LogP contribution >= 0.6 is 0 Å². The highest BCUT2D eigenvalue weighted by Crippen LogP contribution is 2.61. The second-order valence-corrected chi connectivity index (χ2v) is 8.93. The summed E-state index contributed by atoms with van der Waals surface area (Å²) in [4.78, 5) is 15.5. The predicted octanol–water partition coefficient (Wildman–Crippen LogP) is 5.16. The molecule has 0 unspecified atom stereocenters. The van der Waals surface area contributed by atoms with Gasteiger partial charge in [-0.1, -0.05) is 0 Å². The summed E-state index contributed by atoms with van der Waals surface area (Å²) >= 11 is 0. The number of benzene rings is 1. The number of nitro groups is 1. The van der Waals surface area contributed by atoms with Gasteiger partial charge in [-0.15, -0.1) is 0 Å². The van der Waals surface area contributed by atoms with Crippen LogP contribution in [0.4, 0.5) is 11.4 Å². The van der Waals surface area contributed by atoms with E-state index in [1.807, 2.05) is 6.07 Å². The summed E-state index contributed by atoms with van der Waals surface area (Å²) in [6.45, 7) is 2.31. The van der Waals surface area contributed by atoms with Gasteiger partial charge in [-0.2, -0.15) is 0 Å². The molecule has 0 amide bonds. The number of hydrogen-bond acceptors (Lipinski definition) is 4. The molecule has 4 bridgehead atoms. The summed E-state index contributed by atoms with van der Waals surface area (Å²) in [5.41, 5.74) is 2.14. The Morgan fingerprint density at radius 3 is 2.42 bits per heavy atom. The Balaban J connectivity index is 1.48. The fourth-order valence-corrected chi connectivity index (χ4v) is 6.53. The molecule has 1 N–H and O–H groups in total. The molecule has 4 saturated carbocycles. The summed E-state index contributed by atoms with van der Waals surface area (Å²) in [7, 11) is 0. The van der Waals surface area contributed by atoms with Crippen molar-refractivity contribution in [3.8, 4) is 0 Å². The molecule has 1 atom stereocenters. The molecule has 1 heterocycles. The molecule has 0 aliphatic heterocycles. The van der Waals surface area contributed by atoms with E-state index in [2.05, 4.69) is 17.2 Å². The van der Waals surface area contributed by atoms with E-state index in [0.29, 0.717) is 22.4 Å². The molecule has 4 aliphatic rings. The number of nitro benzene ring substituents is 1. The zero-order valence-electron chi connectivity index (χ0n) is 15.1. The molecule has 0 saturated heterocycles. The fraction of sp³-hybridized carbons (Fsp3) is 0.571. The Labute approximate surface area is 153 Å². The van der Waals surface area contributed by atoms with Gasteiger partial charge in [0.15, 0.2) is 0 Å². The van der Waals surface area contributed by atoms with Crippen molar-refractivity contribution in [2.45, 2.75) is 51.5 Å². The summed E-state index contributed by atoms with van der Waals surface area (Å²) < 4.78 is 0. The molecule has 5 nitrogen and oxygen atoms in total. The van der Waals surface area contributed by atoms with Gasteiger partial charge >= 0.3 is 0 Å². The number of fused-ring (bicyclic) bond motifs is 1. The molecule has 0 radical (unpaired) electrons. The number of anilines is 1. The second kappa shape index (κ2) is 5.66. The normalized spacial score (nSPS) is 33.3. The molecule has 6 rings (SSSR count). The van der Waals surface area contributed by atoms with E-state index in [0.717, 1.165) is 23.4 Å². The average molecular weight is 351 g/mol. The molecule has 4 aliphatic carbocycles. The van der Waals surface area contributed by atoms with Gasteiger partial charge in [-0.25, -0.2) is 0 Å². The number of hydrogen-bond donors (Lipinski definition) is 1. The monoisotopic (exact) mass is 351 g/mol. The van der Waals surface area contributed by atoms with Crippen molar-refractivity contribution in [3.63, 3.8) is 0 Å². The number of rotatable bonds is 4. The highest BCUT2D eigenvalue weighted by atomic mass is 16.6. The van der Waals surface area contributed by atoms with Crippen molar-refractivity contribution in [2.24, 2.45) is 23.2 Å². The highest BCUT2D eigenvalue weighted by Gasteiger charge is 2.53. The van der Waals surface area contributed by atoms with Gasteiger partial charge in [0.25, 0.3) is 5.69 Å². The van der Waals surface area contributed by atoms with Crippen LogP contribution < -0.4 is 5.32 Å². The minimum absolute atomic E-state index is 0.126. The lowest BCUT2D eigenvalue weighted by Crippen LogP contribution is -2.52. The van der Waals surface area contributed by atoms with Crippen molar-refractivity contribution < 1.29 is 4.92 Å². The number of non-ortho nitro benzene ring substituents is 1. The summed E-state index contributed by atoms with van der Waals surface area (Å²) in [6, 6.07) is 7.37. The van der Waals surface area contributed by atoms with Gasteiger partial charge in [0, 0.05) is 18.3 Å². The molecular weight excluding hydrogens is 326 g/mol. The van der Waals surface area contributed by atoms with Crippen LogP contribution in [-0.4, -0.2) is 15.9 Å². The van der Waals surface area contributed by atoms with Gasteiger partial charge in [-0.05, 0) is 86.8 Å². The summed E-state index contributed by atoms with van der Waals surface area (Å²) in [6.07, 6.45) is 10.0. The molecule has 0 spiro atoms. The van der Waals surface area contributed by atoms with Gasteiger partial charge in [-0.3, -0.25) is 15.1 Å². The Morgan fingerprint density at radius 2 is 1.81 bits per heavy atom. The SMILES string of the molecule is C[C@@H](Nc1ccc([N+](=O)[O-])c2cccnc12)C12CC3CC(CC(C3)C1)C2. The Kier molecular flexibility index (Phi) is 3.49. The molecular formula is C21H25N3O2. The highest BCUT2D eigenvalue weighted by molar-refractivity contribution is 5.96. The maximum atomic E-state index is 11.3. The van der Waals surface area contributed by atoms with Crippen molar-refractivity contribution >= 4 is 22.3 Å². The van der Waals surface area contributed by atoms with Gasteiger partial charge in [0.05, 0.1) is 16.0 Å². The van der Waals surface area contributed by atoms with Crippen LogP contribution in [0.5, 0.6) is 0 Å². The van der Waals surface area contributed by atoms with Crippen molar-refractivity contribution in [1.82, 2.24) is 4.98 Å². The number of pyridine rings is 1. The largest absolute Gasteiger partial charge is 0.380 e. The smallest absolute Gasteiger partial charge is 0.278 e. The molecule has 1 aromatic heterocycles.